The summed E-state index contributed by atoms with van der Waals surface area (Å²) < 4.78 is 5.98. The average molecular weight is 296 g/mol. The number of carbonyl (C=O) groups excluding carboxylic acids is 1. The zero-order valence-electron chi connectivity index (χ0n) is 12.9. The number of nitrogens with zero attached hydrogens (tertiary/aromatic N) is 2. The maximum absolute atomic E-state index is 11.9. The highest BCUT2D eigenvalue weighted by Gasteiger charge is 2.41. The highest BCUT2D eigenvalue weighted by molar-refractivity contribution is 5.94. The van der Waals surface area contributed by atoms with Crippen molar-refractivity contribution in [3.63, 3.8) is 0 Å². The molecule has 2 N–H and O–H groups in total. The molecule has 1 saturated heterocycles. The Morgan fingerprint density at radius 1 is 1.52 bits per heavy atom. The van der Waals surface area contributed by atoms with Gasteiger partial charge in [0, 0.05) is 18.8 Å². The molecule has 6 nitrogen and oxygen atoms in total. The zero-order valence-corrected chi connectivity index (χ0v) is 12.9. The molecule has 6 heteroatoms. The largest absolute Gasteiger partial charge is 0.393 e. The highest BCUT2D eigenvalue weighted by Crippen LogP contribution is 2.32. The fourth-order valence-corrected chi connectivity index (χ4v) is 2.72. The molecule has 0 aromatic rings. The highest BCUT2D eigenvalue weighted by atomic mass is 16.5. The third-order valence-electron chi connectivity index (χ3n) is 4.32. The summed E-state index contributed by atoms with van der Waals surface area (Å²) in [4.78, 5) is 15.2. The lowest BCUT2D eigenvalue weighted by Crippen LogP contribution is -2.51. The summed E-state index contributed by atoms with van der Waals surface area (Å²) >= 11 is 0. The van der Waals surface area contributed by atoms with Crippen molar-refractivity contribution in [2.24, 2.45) is 0 Å². The van der Waals surface area contributed by atoms with Crippen molar-refractivity contribution in [3.8, 4) is 0 Å². The van der Waals surface area contributed by atoms with Gasteiger partial charge in [0.15, 0.2) is 0 Å². The van der Waals surface area contributed by atoms with Crippen LogP contribution in [0.2, 0.25) is 0 Å². The number of carbonyl (C=O) groups is 1. The summed E-state index contributed by atoms with van der Waals surface area (Å²) in [7, 11) is 1.67. The lowest BCUT2D eigenvalue weighted by molar-refractivity contribution is -0.186. The topological polar surface area (TPSA) is 73.2 Å². The first-order valence-electron chi connectivity index (χ1n) is 7.20. The van der Waals surface area contributed by atoms with E-state index in [-0.39, 0.29) is 18.7 Å². The molecule has 2 rings (SSSR count). The fraction of sp³-hybridized carbons (Fsp3) is 0.667. The van der Waals surface area contributed by atoms with E-state index < -0.39 is 11.7 Å². The van der Waals surface area contributed by atoms with Gasteiger partial charge >= 0.3 is 0 Å². The molecule has 0 saturated carbocycles. The van der Waals surface area contributed by atoms with Crippen LogP contribution in [-0.4, -0.2) is 57.5 Å². The minimum atomic E-state index is -1.01. The smallest absolute Gasteiger partial charge is 0.256 e. The van der Waals surface area contributed by atoms with E-state index in [1.807, 2.05) is 4.90 Å². The zero-order chi connectivity index (χ0) is 15.8. The molecular formula is C15H24N2O4. The fourth-order valence-electron chi connectivity index (χ4n) is 2.72. The molecular weight excluding hydrogens is 272 g/mol. The first kappa shape index (κ1) is 16.0. The monoisotopic (exact) mass is 296 g/mol. The van der Waals surface area contributed by atoms with Crippen LogP contribution in [-0.2, 0) is 9.53 Å². The van der Waals surface area contributed by atoms with Crippen molar-refractivity contribution < 1.29 is 19.7 Å². The molecule has 1 fully saturated rings. The second-order valence-electron chi connectivity index (χ2n) is 5.99. The predicted octanol–water partition coefficient (Wildman–Crippen LogP) is 0.774. The van der Waals surface area contributed by atoms with Gasteiger partial charge in [0.2, 0.25) is 0 Å². The summed E-state index contributed by atoms with van der Waals surface area (Å²) in [6.07, 6.45) is 2.69. The van der Waals surface area contributed by atoms with E-state index in [4.69, 9.17) is 4.74 Å². The SMILES string of the molecule is C=C1N(C)C(=O)C(C)=CN1C1CCCC(O)C(C)(CO)O1. The Labute approximate surface area is 125 Å². The van der Waals surface area contributed by atoms with Gasteiger partial charge in [-0.1, -0.05) is 6.58 Å². The van der Waals surface area contributed by atoms with E-state index >= 15 is 0 Å². The van der Waals surface area contributed by atoms with E-state index in [2.05, 4.69) is 6.58 Å². The van der Waals surface area contributed by atoms with Gasteiger partial charge in [0.1, 0.15) is 17.6 Å². The minimum Gasteiger partial charge on any atom is -0.393 e. The normalized spacial score (nSPS) is 34.8. The quantitative estimate of drug-likeness (QED) is 0.787. The number of hydrogen-bond acceptors (Lipinski definition) is 5. The molecule has 3 atom stereocenters. The predicted molar refractivity (Wildman–Crippen MR) is 77.7 cm³/mol. The maximum Gasteiger partial charge on any atom is 0.256 e. The van der Waals surface area contributed by atoms with E-state index in [1.165, 1.54) is 4.90 Å². The maximum atomic E-state index is 11.9. The van der Waals surface area contributed by atoms with Gasteiger partial charge in [-0.2, -0.15) is 0 Å². The van der Waals surface area contributed by atoms with Gasteiger partial charge < -0.3 is 19.8 Å². The van der Waals surface area contributed by atoms with Crippen molar-refractivity contribution in [3.05, 3.63) is 24.2 Å². The summed E-state index contributed by atoms with van der Waals surface area (Å²) in [5.41, 5.74) is -0.410. The molecule has 0 radical (unpaired) electrons. The molecule has 118 valence electrons. The third-order valence-corrected chi connectivity index (χ3v) is 4.32. The number of ether oxygens (including phenoxy) is 1. The molecule has 2 aliphatic heterocycles. The Hall–Kier alpha value is -1.37. The first-order valence-corrected chi connectivity index (χ1v) is 7.20. The first-order chi connectivity index (χ1) is 9.80. The molecule has 0 bridgehead atoms. The molecule has 0 aromatic heterocycles. The number of rotatable bonds is 2. The number of amides is 1. The molecule has 3 unspecified atom stereocenters. The van der Waals surface area contributed by atoms with E-state index in [0.717, 1.165) is 6.42 Å². The van der Waals surface area contributed by atoms with Crippen LogP contribution >= 0.6 is 0 Å². The van der Waals surface area contributed by atoms with Crippen LogP contribution in [0, 0.1) is 0 Å². The third kappa shape index (κ3) is 2.84. The average Bonchev–Trinajstić information content (AvgIpc) is 2.61. The van der Waals surface area contributed by atoms with Crippen molar-refractivity contribution in [1.82, 2.24) is 9.80 Å². The summed E-state index contributed by atoms with van der Waals surface area (Å²) in [5.74, 6) is 0.446. The Morgan fingerprint density at radius 3 is 2.81 bits per heavy atom. The van der Waals surface area contributed by atoms with Gasteiger partial charge in [0.05, 0.1) is 12.7 Å². The second-order valence-corrected chi connectivity index (χ2v) is 5.99. The number of aliphatic hydroxyl groups excluding tert-OH is 2. The number of aliphatic hydroxyl groups is 2. The Morgan fingerprint density at radius 2 is 2.19 bits per heavy atom. The summed E-state index contributed by atoms with van der Waals surface area (Å²) in [5, 5.41) is 19.7. The summed E-state index contributed by atoms with van der Waals surface area (Å²) in [6, 6.07) is 0. The lowest BCUT2D eigenvalue weighted by atomic mass is 9.97. The van der Waals surface area contributed by atoms with Crippen LogP contribution in [0.4, 0.5) is 0 Å². The van der Waals surface area contributed by atoms with Gasteiger partial charge in [-0.15, -0.1) is 0 Å². The molecule has 1 amide bonds. The van der Waals surface area contributed by atoms with Crippen LogP contribution in [0.3, 0.4) is 0 Å². The molecule has 2 aliphatic rings. The lowest BCUT2D eigenvalue weighted by Gasteiger charge is -2.42. The molecule has 0 aromatic carbocycles. The summed E-state index contributed by atoms with van der Waals surface area (Å²) in [6.45, 7) is 7.13. The molecule has 2 heterocycles. The number of hydrogen-bond donors (Lipinski definition) is 2. The van der Waals surface area contributed by atoms with Crippen molar-refractivity contribution >= 4 is 5.91 Å². The molecule has 21 heavy (non-hydrogen) atoms. The van der Waals surface area contributed by atoms with Gasteiger partial charge in [-0.3, -0.25) is 9.69 Å². The van der Waals surface area contributed by atoms with Crippen molar-refractivity contribution in [2.75, 3.05) is 13.7 Å². The van der Waals surface area contributed by atoms with Gasteiger partial charge in [-0.25, -0.2) is 0 Å². The second kappa shape index (κ2) is 5.79. The van der Waals surface area contributed by atoms with Crippen LogP contribution in [0.1, 0.15) is 33.1 Å². The molecule has 0 spiro atoms. The van der Waals surface area contributed by atoms with E-state index in [1.54, 1.807) is 27.1 Å². The van der Waals surface area contributed by atoms with Crippen LogP contribution in [0.25, 0.3) is 0 Å². The van der Waals surface area contributed by atoms with Crippen LogP contribution in [0.5, 0.6) is 0 Å². The van der Waals surface area contributed by atoms with Crippen LogP contribution < -0.4 is 0 Å². The Bertz CT molecular complexity index is 476. The van der Waals surface area contributed by atoms with Crippen LogP contribution in [0.15, 0.2) is 24.2 Å². The van der Waals surface area contributed by atoms with E-state index in [0.29, 0.717) is 24.2 Å². The standard InChI is InChI=1S/C15H24N2O4/c1-10-8-17(11(2)16(4)14(10)20)13-7-5-6-12(19)15(3,9-18)21-13/h8,12-13,18-19H,2,5-7,9H2,1,3-4H3. The van der Waals surface area contributed by atoms with Gasteiger partial charge in [0.25, 0.3) is 5.91 Å². The Kier molecular flexibility index (Phi) is 4.41. The van der Waals surface area contributed by atoms with Crippen molar-refractivity contribution in [2.45, 2.75) is 51.0 Å². The Balaban J connectivity index is 2.28. The molecule has 0 aliphatic carbocycles. The van der Waals surface area contributed by atoms with E-state index in [9.17, 15) is 15.0 Å². The number of likely N-dealkylation sites (N-methyl/N-ethyl adjacent to an activating group) is 1. The van der Waals surface area contributed by atoms with Gasteiger partial charge in [-0.05, 0) is 33.1 Å². The van der Waals surface area contributed by atoms with Crippen molar-refractivity contribution in [1.29, 1.82) is 0 Å². The minimum absolute atomic E-state index is 0.0881.